The van der Waals surface area contributed by atoms with Crippen molar-refractivity contribution in [3.05, 3.63) is 29.7 Å². The lowest BCUT2D eigenvalue weighted by molar-refractivity contribution is 0.168. The molecule has 1 unspecified atom stereocenters. The second-order valence-corrected chi connectivity index (χ2v) is 5.20. The SMILES string of the molecule is COC(C)C1=N/C(=C\c2ccc[nH]2)C(C)(C)C1. The van der Waals surface area contributed by atoms with Crippen LogP contribution in [0.25, 0.3) is 6.08 Å². The molecular weight excluding hydrogens is 212 g/mol. The van der Waals surface area contributed by atoms with Crippen molar-refractivity contribution < 1.29 is 4.74 Å². The Hall–Kier alpha value is -1.35. The van der Waals surface area contributed by atoms with Gasteiger partial charge in [-0.15, -0.1) is 0 Å². The smallest absolute Gasteiger partial charge is 0.0924 e. The van der Waals surface area contributed by atoms with E-state index in [0.717, 1.165) is 23.5 Å². The van der Waals surface area contributed by atoms with Crippen LogP contribution in [-0.4, -0.2) is 23.9 Å². The summed E-state index contributed by atoms with van der Waals surface area (Å²) < 4.78 is 5.35. The van der Waals surface area contributed by atoms with E-state index in [-0.39, 0.29) is 11.5 Å². The van der Waals surface area contributed by atoms with Crippen molar-refractivity contribution in [1.82, 2.24) is 4.98 Å². The van der Waals surface area contributed by atoms with Gasteiger partial charge in [-0.3, -0.25) is 4.99 Å². The zero-order valence-corrected chi connectivity index (χ0v) is 10.9. The summed E-state index contributed by atoms with van der Waals surface area (Å²) in [6.45, 7) is 6.49. The van der Waals surface area contributed by atoms with Crippen LogP contribution in [0.3, 0.4) is 0 Å². The molecule has 92 valence electrons. The molecule has 3 heteroatoms. The first-order valence-corrected chi connectivity index (χ1v) is 5.99. The van der Waals surface area contributed by atoms with E-state index >= 15 is 0 Å². The highest BCUT2D eigenvalue weighted by Gasteiger charge is 2.33. The molecule has 2 heterocycles. The number of aliphatic imine (C=N–C) groups is 1. The summed E-state index contributed by atoms with van der Waals surface area (Å²) in [5, 5.41) is 0. The van der Waals surface area contributed by atoms with Crippen LogP contribution in [0.4, 0.5) is 0 Å². The zero-order chi connectivity index (χ0) is 12.5. The lowest BCUT2D eigenvalue weighted by Gasteiger charge is -2.18. The molecule has 3 nitrogen and oxygen atoms in total. The number of aromatic amines is 1. The van der Waals surface area contributed by atoms with E-state index in [4.69, 9.17) is 9.73 Å². The summed E-state index contributed by atoms with van der Waals surface area (Å²) in [7, 11) is 1.73. The van der Waals surface area contributed by atoms with E-state index in [0.29, 0.717) is 0 Å². The van der Waals surface area contributed by atoms with E-state index < -0.39 is 0 Å². The average Bonchev–Trinajstić information content (AvgIpc) is 2.87. The van der Waals surface area contributed by atoms with Crippen LogP contribution in [0.15, 0.2) is 29.0 Å². The molecule has 0 fully saturated rings. The second-order valence-electron chi connectivity index (χ2n) is 5.20. The molecule has 1 aromatic heterocycles. The standard InChI is InChI=1S/C14H20N2O/c1-10(17-4)12-9-14(2,3)13(16-12)8-11-6-5-7-15-11/h5-8,10,15H,9H2,1-4H3/b13-8-. The summed E-state index contributed by atoms with van der Waals surface area (Å²) in [6, 6.07) is 4.05. The minimum absolute atomic E-state index is 0.0905. The van der Waals surface area contributed by atoms with Gasteiger partial charge in [-0.25, -0.2) is 0 Å². The Morgan fingerprint density at radius 1 is 1.53 bits per heavy atom. The molecule has 0 saturated carbocycles. The summed E-state index contributed by atoms with van der Waals surface area (Å²) in [4.78, 5) is 7.90. The Morgan fingerprint density at radius 2 is 2.29 bits per heavy atom. The van der Waals surface area contributed by atoms with Crippen molar-refractivity contribution >= 4 is 11.8 Å². The van der Waals surface area contributed by atoms with Gasteiger partial charge in [0.25, 0.3) is 0 Å². The summed E-state index contributed by atoms with van der Waals surface area (Å²) in [5.41, 5.74) is 3.45. The number of methoxy groups -OCH3 is 1. The normalized spacial score (nSPS) is 22.8. The summed E-state index contributed by atoms with van der Waals surface area (Å²) in [5.74, 6) is 0. The van der Waals surface area contributed by atoms with Gasteiger partial charge in [0.15, 0.2) is 0 Å². The van der Waals surface area contributed by atoms with Crippen LogP contribution in [0.5, 0.6) is 0 Å². The molecule has 2 rings (SSSR count). The number of nitrogens with one attached hydrogen (secondary N) is 1. The first-order chi connectivity index (χ1) is 8.03. The molecule has 1 aliphatic heterocycles. The lowest BCUT2D eigenvalue weighted by Crippen LogP contribution is -2.20. The van der Waals surface area contributed by atoms with Gasteiger partial charge in [0.1, 0.15) is 0 Å². The molecular formula is C14H20N2O. The maximum Gasteiger partial charge on any atom is 0.0924 e. The Morgan fingerprint density at radius 3 is 2.88 bits per heavy atom. The van der Waals surface area contributed by atoms with Gasteiger partial charge in [0, 0.05) is 35.8 Å². The third kappa shape index (κ3) is 2.50. The molecule has 1 N–H and O–H groups in total. The molecule has 1 aromatic rings. The molecule has 0 aliphatic carbocycles. The minimum Gasteiger partial charge on any atom is -0.376 e. The summed E-state index contributed by atoms with van der Waals surface area (Å²) >= 11 is 0. The first kappa shape index (κ1) is 12.1. The number of ether oxygens (including phenoxy) is 1. The average molecular weight is 232 g/mol. The maximum atomic E-state index is 5.35. The van der Waals surface area contributed by atoms with Crippen molar-refractivity contribution in [2.45, 2.75) is 33.3 Å². The Labute approximate surface area is 103 Å². The van der Waals surface area contributed by atoms with Crippen molar-refractivity contribution in [1.29, 1.82) is 0 Å². The van der Waals surface area contributed by atoms with Gasteiger partial charge in [0.2, 0.25) is 0 Å². The first-order valence-electron chi connectivity index (χ1n) is 5.99. The molecule has 0 saturated heterocycles. The highest BCUT2D eigenvalue weighted by Crippen LogP contribution is 2.39. The third-order valence-corrected chi connectivity index (χ3v) is 3.32. The van der Waals surface area contributed by atoms with Gasteiger partial charge < -0.3 is 9.72 Å². The Balaban J connectivity index is 2.29. The minimum atomic E-state index is 0.0905. The summed E-state index contributed by atoms with van der Waals surface area (Å²) in [6.07, 6.45) is 5.12. The fourth-order valence-corrected chi connectivity index (χ4v) is 2.07. The van der Waals surface area contributed by atoms with Crippen molar-refractivity contribution in [2.24, 2.45) is 10.4 Å². The largest absolute Gasteiger partial charge is 0.376 e. The second kappa shape index (κ2) is 4.49. The van der Waals surface area contributed by atoms with Crippen LogP contribution >= 0.6 is 0 Å². The van der Waals surface area contributed by atoms with E-state index in [1.54, 1.807) is 7.11 Å². The Kier molecular flexibility index (Phi) is 3.20. The van der Waals surface area contributed by atoms with Gasteiger partial charge in [-0.05, 0) is 31.6 Å². The van der Waals surface area contributed by atoms with Crippen molar-refractivity contribution in [2.75, 3.05) is 7.11 Å². The number of nitrogens with zero attached hydrogens (tertiary/aromatic N) is 1. The van der Waals surface area contributed by atoms with E-state index in [1.165, 1.54) is 0 Å². The molecule has 0 aromatic carbocycles. The molecule has 0 amide bonds. The van der Waals surface area contributed by atoms with E-state index in [2.05, 4.69) is 31.0 Å². The molecule has 0 bridgehead atoms. The third-order valence-electron chi connectivity index (χ3n) is 3.32. The van der Waals surface area contributed by atoms with Crippen LogP contribution in [0.2, 0.25) is 0 Å². The van der Waals surface area contributed by atoms with Gasteiger partial charge >= 0.3 is 0 Å². The monoisotopic (exact) mass is 232 g/mol. The number of hydrogen-bond acceptors (Lipinski definition) is 2. The number of allylic oxidation sites excluding steroid dienone is 1. The highest BCUT2D eigenvalue weighted by molar-refractivity contribution is 5.93. The van der Waals surface area contributed by atoms with Gasteiger partial charge in [-0.1, -0.05) is 13.8 Å². The number of H-pyrrole nitrogens is 1. The molecule has 0 spiro atoms. The quantitative estimate of drug-likeness (QED) is 0.853. The Bertz CT molecular complexity index is 441. The fourth-order valence-electron chi connectivity index (χ4n) is 2.07. The lowest BCUT2D eigenvalue weighted by atomic mass is 9.85. The van der Waals surface area contributed by atoms with Crippen molar-refractivity contribution in [3.8, 4) is 0 Å². The number of hydrogen-bond donors (Lipinski definition) is 1. The molecule has 1 atom stereocenters. The van der Waals surface area contributed by atoms with Crippen molar-refractivity contribution in [3.63, 3.8) is 0 Å². The predicted molar refractivity (Wildman–Crippen MR) is 71.1 cm³/mol. The highest BCUT2D eigenvalue weighted by atomic mass is 16.5. The van der Waals surface area contributed by atoms with Crippen LogP contribution in [0.1, 0.15) is 32.9 Å². The van der Waals surface area contributed by atoms with Gasteiger partial charge in [0.05, 0.1) is 6.10 Å². The van der Waals surface area contributed by atoms with Gasteiger partial charge in [-0.2, -0.15) is 0 Å². The molecule has 0 radical (unpaired) electrons. The zero-order valence-electron chi connectivity index (χ0n) is 10.9. The van der Waals surface area contributed by atoms with E-state index in [9.17, 15) is 0 Å². The predicted octanol–water partition coefficient (Wildman–Crippen LogP) is 3.26. The topological polar surface area (TPSA) is 37.4 Å². The maximum absolute atomic E-state index is 5.35. The van der Waals surface area contributed by atoms with Crippen LogP contribution in [-0.2, 0) is 4.74 Å². The molecule has 1 aliphatic rings. The number of rotatable bonds is 3. The van der Waals surface area contributed by atoms with Crippen LogP contribution in [0, 0.1) is 5.41 Å². The molecule has 17 heavy (non-hydrogen) atoms. The van der Waals surface area contributed by atoms with Crippen LogP contribution < -0.4 is 0 Å². The number of aromatic nitrogens is 1. The fraction of sp³-hybridized carbons (Fsp3) is 0.500. The van der Waals surface area contributed by atoms with E-state index in [1.807, 2.05) is 19.2 Å².